The van der Waals surface area contributed by atoms with Gasteiger partial charge in [0.15, 0.2) is 10.6 Å². The summed E-state index contributed by atoms with van der Waals surface area (Å²) in [6, 6.07) is 11.5. The third-order valence-electron chi connectivity index (χ3n) is 3.43. The predicted molar refractivity (Wildman–Crippen MR) is 95.6 cm³/mol. The van der Waals surface area contributed by atoms with Gasteiger partial charge in [0.1, 0.15) is 12.3 Å². The maximum absolute atomic E-state index is 12.3. The molecule has 6 nitrogen and oxygen atoms in total. The van der Waals surface area contributed by atoms with Gasteiger partial charge in [0.05, 0.1) is 12.0 Å². The third-order valence-corrected chi connectivity index (χ3v) is 4.60. The molecule has 0 unspecified atom stereocenters. The van der Waals surface area contributed by atoms with Crippen molar-refractivity contribution in [3.63, 3.8) is 0 Å². The molecule has 8 heteroatoms. The van der Waals surface area contributed by atoms with Gasteiger partial charge in [0, 0.05) is 6.54 Å². The number of amides is 1. The van der Waals surface area contributed by atoms with Crippen LogP contribution in [0.2, 0.25) is 0 Å². The number of aromatic amines is 1. The van der Waals surface area contributed by atoms with Crippen molar-refractivity contribution in [1.82, 2.24) is 20.1 Å². The van der Waals surface area contributed by atoms with Gasteiger partial charge in [-0.25, -0.2) is 0 Å². The van der Waals surface area contributed by atoms with Gasteiger partial charge in [-0.15, -0.1) is 11.3 Å². The molecule has 0 spiro atoms. The third kappa shape index (κ3) is 3.72. The first-order valence-corrected chi connectivity index (χ1v) is 8.55. The first-order chi connectivity index (χ1) is 11.7. The molecule has 24 heavy (non-hydrogen) atoms. The number of benzene rings is 1. The summed E-state index contributed by atoms with van der Waals surface area (Å²) in [6.07, 6.45) is 0. The summed E-state index contributed by atoms with van der Waals surface area (Å²) >= 11 is 6.78. The zero-order chi connectivity index (χ0) is 16.9. The summed E-state index contributed by atoms with van der Waals surface area (Å²) < 4.78 is 7.30. The molecule has 0 aliphatic carbocycles. The smallest absolute Gasteiger partial charge is 0.240 e. The fourth-order valence-electron chi connectivity index (χ4n) is 2.24. The summed E-state index contributed by atoms with van der Waals surface area (Å²) in [7, 11) is 1.62. The van der Waals surface area contributed by atoms with E-state index in [0.29, 0.717) is 17.1 Å². The van der Waals surface area contributed by atoms with Crippen LogP contribution in [0.1, 0.15) is 5.56 Å². The average molecular weight is 360 g/mol. The van der Waals surface area contributed by atoms with Crippen LogP contribution in [0, 0.1) is 4.77 Å². The second kappa shape index (κ2) is 7.41. The molecule has 124 valence electrons. The second-order valence-corrected chi connectivity index (χ2v) is 6.38. The van der Waals surface area contributed by atoms with E-state index in [9.17, 15) is 4.79 Å². The van der Waals surface area contributed by atoms with Crippen molar-refractivity contribution in [3.05, 3.63) is 52.1 Å². The number of nitrogens with zero attached hydrogens (tertiary/aromatic N) is 2. The van der Waals surface area contributed by atoms with Gasteiger partial charge in [-0.1, -0.05) is 18.2 Å². The molecule has 2 aromatic heterocycles. The number of ether oxygens (including phenoxy) is 1. The second-order valence-electron chi connectivity index (χ2n) is 5.04. The molecule has 3 aromatic rings. The van der Waals surface area contributed by atoms with Crippen LogP contribution < -0.4 is 10.1 Å². The van der Waals surface area contributed by atoms with Gasteiger partial charge in [-0.3, -0.25) is 14.5 Å². The van der Waals surface area contributed by atoms with Crippen LogP contribution in [-0.4, -0.2) is 27.8 Å². The molecule has 1 amide bonds. The Morgan fingerprint density at radius 1 is 1.42 bits per heavy atom. The molecule has 0 aliphatic heterocycles. The van der Waals surface area contributed by atoms with E-state index in [1.165, 1.54) is 0 Å². The fourth-order valence-corrected chi connectivity index (χ4v) is 3.16. The van der Waals surface area contributed by atoms with E-state index in [0.717, 1.165) is 16.2 Å². The van der Waals surface area contributed by atoms with Crippen molar-refractivity contribution in [2.45, 2.75) is 13.1 Å². The molecule has 0 aliphatic rings. The topological polar surface area (TPSA) is 71.9 Å². The van der Waals surface area contributed by atoms with Crippen molar-refractivity contribution in [3.8, 4) is 16.5 Å². The standard InChI is InChI=1S/C16H16N4O2S2/c1-22-12-5-2-4-11(8-12)9-17-14(21)10-20-15(18-19-16(20)23)13-6-3-7-24-13/h2-8H,9-10H2,1H3,(H,17,21)(H,19,23). The van der Waals surface area contributed by atoms with Crippen LogP contribution in [0.25, 0.3) is 10.7 Å². The lowest BCUT2D eigenvalue weighted by Crippen LogP contribution is -2.27. The fraction of sp³-hybridized carbons (Fsp3) is 0.188. The number of nitrogens with one attached hydrogen (secondary N) is 2. The summed E-state index contributed by atoms with van der Waals surface area (Å²) in [6.45, 7) is 0.544. The number of aromatic nitrogens is 3. The zero-order valence-electron chi connectivity index (χ0n) is 13.0. The minimum absolute atomic E-state index is 0.118. The van der Waals surface area contributed by atoms with Crippen molar-refractivity contribution in [2.24, 2.45) is 0 Å². The Balaban J connectivity index is 1.67. The number of carbonyl (C=O) groups excluding carboxylic acids is 1. The first kappa shape index (κ1) is 16.4. The summed E-state index contributed by atoms with van der Waals surface area (Å²) in [4.78, 5) is 13.2. The normalized spacial score (nSPS) is 10.5. The van der Waals surface area contributed by atoms with Crippen molar-refractivity contribution in [2.75, 3.05) is 7.11 Å². The summed E-state index contributed by atoms with van der Waals surface area (Å²) in [5.41, 5.74) is 0.969. The number of rotatable bonds is 6. The monoisotopic (exact) mass is 360 g/mol. The van der Waals surface area contributed by atoms with Crippen molar-refractivity contribution >= 4 is 29.5 Å². The quantitative estimate of drug-likeness (QED) is 0.663. The molecular weight excluding hydrogens is 344 g/mol. The minimum atomic E-state index is -0.131. The number of thiophene rings is 1. The van der Waals surface area contributed by atoms with Crippen LogP contribution in [0.5, 0.6) is 5.75 Å². The number of H-pyrrole nitrogens is 1. The van der Waals surface area contributed by atoms with E-state index in [1.807, 2.05) is 41.8 Å². The van der Waals surface area contributed by atoms with Gasteiger partial charge in [-0.2, -0.15) is 5.10 Å². The maximum Gasteiger partial charge on any atom is 0.240 e. The first-order valence-electron chi connectivity index (χ1n) is 7.26. The highest BCUT2D eigenvalue weighted by Gasteiger charge is 2.13. The number of hydrogen-bond donors (Lipinski definition) is 2. The highest BCUT2D eigenvalue weighted by atomic mass is 32.1. The molecule has 0 atom stereocenters. The molecule has 3 rings (SSSR count). The molecule has 1 aromatic carbocycles. The van der Waals surface area contributed by atoms with Crippen LogP contribution in [-0.2, 0) is 17.9 Å². The van der Waals surface area contributed by atoms with E-state index in [-0.39, 0.29) is 12.5 Å². The maximum atomic E-state index is 12.3. The van der Waals surface area contributed by atoms with Gasteiger partial charge in [0.25, 0.3) is 0 Å². The van der Waals surface area contributed by atoms with Gasteiger partial charge >= 0.3 is 0 Å². The lowest BCUT2D eigenvalue weighted by Gasteiger charge is -2.08. The molecule has 0 fully saturated rings. The van der Waals surface area contributed by atoms with Crippen LogP contribution >= 0.6 is 23.6 Å². The number of methoxy groups -OCH3 is 1. The number of hydrogen-bond acceptors (Lipinski definition) is 5. The van der Waals surface area contributed by atoms with E-state index in [1.54, 1.807) is 23.0 Å². The Hall–Kier alpha value is -2.45. The lowest BCUT2D eigenvalue weighted by atomic mass is 10.2. The Bertz CT molecular complexity index is 884. The van der Waals surface area contributed by atoms with E-state index in [4.69, 9.17) is 17.0 Å². The van der Waals surface area contributed by atoms with E-state index < -0.39 is 0 Å². The van der Waals surface area contributed by atoms with Crippen LogP contribution in [0.4, 0.5) is 0 Å². The molecule has 2 heterocycles. The number of carbonyl (C=O) groups is 1. The molecule has 0 saturated heterocycles. The molecular formula is C16H16N4O2S2. The Labute approximate surface area is 148 Å². The molecule has 2 N–H and O–H groups in total. The van der Waals surface area contributed by atoms with Crippen LogP contribution in [0.3, 0.4) is 0 Å². The SMILES string of the molecule is COc1cccc(CNC(=O)Cn2c(-c3cccs3)n[nH]c2=S)c1. The lowest BCUT2D eigenvalue weighted by molar-refractivity contribution is -0.121. The van der Waals surface area contributed by atoms with Gasteiger partial charge < -0.3 is 10.1 Å². The van der Waals surface area contributed by atoms with E-state index >= 15 is 0 Å². The van der Waals surface area contributed by atoms with Gasteiger partial charge in [-0.05, 0) is 41.4 Å². The highest BCUT2D eigenvalue weighted by molar-refractivity contribution is 7.71. The Morgan fingerprint density at radius 3 is 3.04 bits per heavy atom. The van der Waals surface area contributed by atoms with Crippen molar-refractivity contribution < 1.29 is 9.53 Å². The Morgan fingerprint density at radius 2 is 2.29 bits per heavy atom. The highest BCUT2D eigenvalue weighted by Crippen LogP contribution is 2.22. The van der Waals surface area contributed by atoms with Crippen molar-refractivity contribution in [1.29, 1.82) is 0 Å². The summed E-state index contributed by atoms with van der Waals surface area (Å²) in [5.74, 6) is 1.30. The Kier molecular flexibility index (Phi) is 5.07. The van der Waals surface area contributed by atoms with Crippen LogP contribution in [0.15, 0.2) is 41.8 Å². The van der Waals surface area contributed by atoms with E-state index in [2.05, 4.69) is 15.5 Å². The van der Waals surface area contributed by atoms with Gasteiger partial charge in [0.2, 0.25) is 5.91 Å². The largest absolute Gasteiger partial charge is 0.497 e. The zero-order valence-corrected chi connectivity index (χ0v) is 14.6. The molecule has 0 saturated carbocycles. The summed E-state index contributed by atoms with van der Waals surface area (Å²) in [5, 5.41) is 11.8. The molecule has 0 bridgehead atoms. The predicted octanol–water partition coefficient (Wildman–Crippen LogP) is 2.99. The minimum Gasteiger partial charge on any atom is -0.497 e. The molecule has 0 radical (unpaired) electrons. The average Bonchev–Trinajstić information content (AvgIpc) is 3.24.